The number of aromatic nitrogens is 4. The van der Waals surface area contributed by atoms with Gasteiger partial charge in [0, 0.05) is 10.8 Å². The van der Waals surface area contributed by atoms with Gasteiger partial charge in [0.15, 0.2) is 11.6 Å². The van der Waals surface area contributed by atoms with Crippen molar-refractivity contribution < 1.29 is 5.11 Å². The molecule has 0 atom stereocenters. The zero-order chi connectivity index (χ0) is 17.4. The molecule has 0 aromatic carbocycles. The lowest BCUT2D eigenvalue weighted by atomic mass is 9.85. The van der Waals surface area contributed by atoms with E-state index in [0.29, 0.717) is 22.0 Å². The highest BCUT2D eigenvalue weighted by atomic mass is 32.1. The summed E-state index contributed by atoms with van der Waals surface area (Å²) in [5, 5.41) is 11.4. The Morgan fingerprint density at radius 2 is 1.48 bits per heavy atom. The lowest BCUT2D eigenvalue weighted by molar-refractivity contribution is 0.406. The Hall–Kier alpha value is -1.60. The normalized spacial score (nSPS) is 13.0. The number of aromatic amines is 1. The number of H-pyrrole nitrogens is 1. The highest BCUT2D eigenvalue weighted by molar-refractivity contribution is 7.71. The summed E-state index contributed by atoms with van der Waals surface area (Å²) >= 11 is 6.33. The van der Waals surface area contributed by atoms with Gasteiger partial charge in [-0.2, -0.15) is 0 Å². The predicted molar refractivity (Wildman–Crippen MR) is 97.3 cm³/mol. The van der Waals surface area contributed by atoms with Gasteiger partial charge in [-0.1, -0.05) is 41.5 Å². The number of nitrogens with one attached hydrogen (secondary N) is 1. The molecule has 0 amide bonds. The minimum atomic E-state index is -0.279. The summed E-state index contributed by atoms with van der Waals surface area (Å²) in [5.74, 6) is 0.733. The molecule has 124 valence electrons. The maximum Gasteiger partial charge on any atom is 0.207 e. The van der Waals surface area contributed by atoms with Crippen molar-refractivity contribution in [2.24, 2.45) is 0 Å². The van der Waals surface area contributed by atoms with Crippen molar-refractivity contribution in [3.8, 4) is 5.75 Å². The molecule has 0 aliphatic carbocycles. The number of aromatic hydroxyl groups is 1. The van der Waals surface area contributed by atoms with Crippen molar-refractivity contribution in [3.05, 3.63) is 27.0 Å². The van der Waals surface area contributed by atoms with Crippen LogP contribution in [-0.4, -0.2) is 24.4 Å². The molecule has 2 aromatic rings. The summed E-state index contributed by atoms with van der Waals surface area (Å²) in [6, 6.07) is 0. The van der Waals surface area contributed by atoms with Crippen molar-refractivity contribution in [1.82, 2.24) is 19.3 Å². The molecule has 23 heavy (non-hydrogen) atoms. The van der Waals surface area contributed by atoms with Gasteiger partial charge in [0.25, 0.3) is 0 Å². The van der Waals surface area contributed by atoms with Crippen molar-refractivity contribution in [2.75, 3.05) is 0 Å². The quantitative estimate of drug-likeness (QED) is 0.782. The van der Waals surface area contributed by atoms with E-state index >= 15 is 0 Å². The van der Waals surface area contributed by atoms with E-state index in [0.717, 1.165) is 5.01 Å². The largest absolute Gasteiger partial charge is 0.504 e. The Morgan fingerprint density at radius 1 is 0.957 bits per heavy atom. The molecule has 2 aromatic heterocycles. The first kappa shape index (κ1) is 17.7. The van der Waals surface area contributed by atoms with Crippen LogP contribution >= 0.6 is 23.8 Å². The monoisotopic (exact) mass is 350 g/mol. The van der Waals surface area contributed by atoms with Gasteiger partial charge < -0.3 is 5.11 Å². The SMILES string of the molecule is CC(C)(C)c1nc(/C=C/c2nc(=S)[nH]s2)nc(C(C)(C)C)c1O. The molecule has 7 heteroatoms. The molecule has 0 bridgehead atoms. The number of nitrogens with zero attached hydrogens (tertiary/aromatic N) is 3. The van der Waals surface area contributed by atoms with Gasteiger partial charge >= 0.3 is 0 Å². The molecular weight excluding hydrogens is 328 g/mol. The average molecular weight is 351 g/mol. The number of rotatable bonds is 2. The molecule has 0 aliphatic rings. The van der Waals surface area contributed by atoms with E-state index < -0.39 is 0 Å². The topological polar surface area (TPSA) is 74.7 Å². The smallest absolute Gasteiger partial charge is 0.207 e. The molecule has 2 rings (SSSR count). The Morgan fingerprint density at radius 3 is 1.87 bits per heavy atom. The molecule has 0 unspecified atom stereocenters. The van der Waals surface area contributed by atoms with Crippen LogP contribution in [0.3, 0.4) is 0 Å². The fourth-order valence-corrected chi connectivity index (χ4v) is 2.84. The van der Waals surface area contributed by atoms with E-state index in [-0.39, 0.29) is 16.6 Å². The fraction of sp³-hybridized carbons (Fsp3) is 0.500. The van der Waals surface area contributed by atoms with E-state index in [4.69, 9.17) is 12.2 Å². The Kier molecular flexibility index (Phi) is 4.73. The van der Waals surface area contributed by atoms with E-state index in [1.54, 1.807) is 6.08 Å². The zero-order valence-corrected chi connectivity index (χ0v) is 15.9. The first-order valence-electron chi connectivity index (χ1n) is 7.34. The van der Waals surface area contributed by atoms with Crippen LogP contribution in [0.1, 0.15) is 63.8 Å². The second-order valence-corrected chi connectivity index (χ2v) is 8.63. The summed E-state index contributed by atoms with van der Waals surface area (Å²) in [7, 11) is 0. The molecule has 2 heterocycles. The molecule has 0 spiro atoms. The highest BCUT2D eigenvalue weighted by Gasteiger charge is 2.28. The van der Waals surface area contributed by atoms with Crippen LogP contribution in [0, 0.1) is 4.77 Å². The maximum absolute atomic E-state index is 10.6. The second kappa shape index (κ2) is 6.13. The van der Waals surface area contributed by atoms with Gasteiger partial charge in [0.05, 0.1) is 11.4 Å². The average Bonchev–Trinajstić information content (AvgIpc) is 2.80. The molecule has 0 saturated heterocycles. The maximum atomic E-state index is 10.6. The van der Waals surface area contributed by atoms with Crippen LogP contribution in [-0.2, 0) is 10.8 Å². The standard InChI is InChI=1S/C16H22N4OS2/c1-15(2,3)12-11(21)13(16(4,5)6)18-9(17-12)7-8-10-19-14(22)20-23-10/h7-8,21H,1-6H3,(H,20,22)/b8-7+. The van der Waals surface area contributed by atoms with Gasteiger partial charge in [-0.15, -0.1) is 0 Å². The Bertz CT molecular complexity index is 756. The first-order valence-corrected chi connectivity index (χ1v) is 8.56. The van der Waals surface area contributed by atoms with Crippen LogP contribution in [0.15, 0.2) is 0 Å². The van der Waals surface area contributed by atoms with Gasteiger partial charge in [-0.3, -0.25) is 4.37 Å². The third kappa shape index (κ3) is 4.23. The summed E-state index contributed by atoms with van der Waals surface area (Å²) in [6.07, 6.45) is 3.62. The molecule has 2 N–H and O–H groups in total. The van der Waals surface area contributed by atoms with Crippen LogP contribution in [0.4, 0.5) is 0 Å². The third-order valence-corrected chi connectivity index (χ3v) is 4.21. The van der Waals surface area contributed by atoms with Crippen molar-refractivity contribution in [2.45, 2.75) is 52.4 Å². The van der Waals surface area contributed by atoms with E-state index in [1.165, 1.54) is 11.5 Å². The molecule has 0 aliphatic heterocycles. The zero-order valence-electron chi connectivity index (χ0n) is 14.3. The predicted octanol–water partition coefficient (Wildman–Crippen LogP) is 4.46. The third-order valence-electron chi connectivity index (χ3n) is 3.15. The van der Waals surface area contributed by atoms with E-state index in [2.05, 4.69) is 19.3 Å². The lowest BCUT2D eigenvalue weighted by Crippen LogP contribution is -2.21. The highest BCUT2D eigenvalue weighted by Crippen LogP contribution is 2.36. The Labute approximate surface area is 145 Å². The Balaban J connectivity index is 2.56. The van der Waals surface area contributed by atoms with Crippen LogP contribution < -0.4 is 0 Å². The van der Waals surface area contributed by atoms with Gasteiger partial charge in [-0.25, -0.2) is 15.0 Å². The van der Waals surface area contributed by atoms with Crippen molar-refractivity contribution >= 4 is 35.9 Å². The fourth-order valence-electron chi connectivity index (χ4n) is 2.05. The first-order chi connectivity index (χ1) is 10.5. The van der Waals surface area contributed by atoms with Gasteiger partial charge in [0.1, 0.15) is 5.01 Å². The van der Waals surface area contributed by atoms with Crippen molar-refractivity contribution in [3.63, 3.8) is 0 Å². The summed E-state index contributed by atoms with van der Waals surface area (Å²) in [5.41, 5.74) is 0.731. The van der Waals surface area contributed by atoms with Crippen LogP contribution in [0.2, 0.25) is 0 Å². The summed E-state index contributed by atoms with van der Waals surface area (Å²) in [6.45, 7) is 12.1. The summed E-state index contributed by atoms with van der Waals surface area (Å²) in [4.78, 5) is 13.2. The molecular formula is C16H22N4OS2. The minimum absolute atomic E-state index is 0.178. The molecule has 0 radical (unpaired) electrons. The van der Waals surface area contributed by atoms with Crippen LogP contribution in [0.5, 0.6) is 5.75 Å². The molecule has 0 fully saturated rings. The van der Waals surface area contributed by atoms with Gasteiger partial charge in [-0.05, 0) is 35.9 Å². The van der Waals surface area contributed by atoms with E-state index in [1.807, 2.05) is 47.6 Å². The lowest BCUT2D eigenvalue weighted by Gasteiger charge is -2.25. The van der Waals surface area contributed by atoms with E-state index in [9.17, 15) is 5.11 Å². The molecule has 0 saturated carbocycles. The minimum Gasteiger partial charge on any atom is -0.504 e. The number of hydrogen-bond acceptors (Lipinski definition) is 6. The molecule has 5 nitrogen and oxygen atoms in total. The number of hydrogen-bond donors (Lipinski definition) is 2. The van der Waals surface area contributed by atoms with Crippen molar-refractivity contribution in [1.29, 1.82) is 0 Å². The van der Waals surface area contributed by atoms with Gasteiger partial charge in [0.2, 0.25) is 4.77 Å². The summed E-state index contributed by atoms with van der Waals surface area (Å²) < 4.78 is 3.36. The second-order valence-electron chi connectivity index (χ2n) is 7.42. The van der Waals surface area contributed by atoms with Crippen LogP contribution in [0.25, 0.3) is 12.2 Å².